The zero-order valence-electron chi connectivity index (χ0n) is 23.5. The fourth-order valence-corrected chi connectivity index (χ4v) is 4.72. The van der Waals surface area contributed by atoms with Gasteiger partial charge >= 0.3 is 24.3 Å². The lowest BCUT2D eigenvalue weighted by Gasteiger charge is -2.39. The van der Waals surface area contributed by atoms with Crippen molar-refractivity contribution in [3.8, 4) is 0 Å². The average molecular weight is 589 g/mol. The molecule has 0 atom stereocenters. The Balaban J connectivity index is 2.48. The fraction of sp³-hybridized carbons (Fsp3) is 0.548. The maximum Gasteiger partial charge on any atom is 0.411 e. The summed E-state index contributed by atoms with van der Waals surface area (Å²) in [6.07, 6.45) is -3.71. The van der Waals surface area contributed by atoms with Gasteiger partial charge in [0.2, 0.25) is 5.41 Å². The molecule has 0 saturated carbocycles. The minimum Gasteiger partial charge on any atom is -0.462 e. The first-order valence-electron chi connectivity index (χ1n) is 14.1. The molecule has 228 valence electrons. The summed E-state index contributed by atoms with van der Waals surface area (Å²) >= 11 is 0. The number of hydrogen-bond donors (Lipinski definition) is 0. The molecular formula is C31H38F6O4. The van der Waals surface area contributed by atoms with Crippen molar-refractivity contribution in [1.82, 2.24) is 0 Å². The van der Waals surface area contributed by atoms with Crippen molar-refractivity contribution < 1.29 is 45.4 Å². The second kappa shape index (κ2) is 15.8. The molecule has 41 heavy (non-hydrogen) atoms. The van der Waals surface area contributed by atoms with Gasteiger partial charge in [0.15, 0.2) is 0 Å². The van der Waals surface area contributed by atoms with E-state index in [1.54, 1.807) is 0 Å². The molecule has 0 aliphatic rings. The van der Waals surface area contributed by atoms with E-state index >= 15 is 0 Å². The maximum atomic E-state index is 14.8. The number of alkyl halides is 6. The number of rotatable bonds is 16. The minimum absolute atomic E-state index is 0.0103. The number of benzene rings is 2. The highest BCUT2D eigenvalue weighted by molar-refractivity contribution is 5.92. The van der Waals surface area contributed by atoms with Gasteiger partial charge < -0.3 is 9.47 Å². The lowest BCUT2D eigenvalue weighted by Crippen LogP contribution is -2.55. The number of carbonyl (C=O) groups is 2. The summed E-state index contributed by atoms with van der Waals surface area (Å²) in [6.45, 7) is 3.90. The molecule has 0 bridgehead atoms. The van der Waals surface area contributed by atoms with Gasteiger partial charge in [-0.1, -0.05) is 95.5 Å². The molecule has 0 N–H and O–H groups in total. The van der Waals surface area contributed by atoms with E-state index in [2.05, 4.69) is 0 Å². The first-order chi connectivity index (χ1) is 19.4. The highest BCUT2D eigenvalue weighted by Gasteiger charge is 2.73. The molecule has 2 aromatic carbocycles. The van der Waals surface area contributed by atoms with Gasteiger partial charge in [0.25, 0.3) is 0 Å². The quantitative estimate of drug-likeness (QED) is 0.111. The van der Waals surface area contributed by atoms with Crippen LogP contribution in [0, 0.1) is 0 Å². The van der Waals surface area contributed by atoms with Crippen LogP contribution in [0.25, 0.3) is 0 Å². The third kappa shape index (κ3) is 8.72. The standard InChI is InChI=1S/C31H38F6O4/c1-3-5-7-9-13-20-40-27(38)23-16-15-17-24(22-23)29(30(32,33)34,31(35,36)37)26-19-12-11-18-25(26)28(39)41-21-14-10-8-6-4-2/h11-12,15-19,22H,3-10,13-14,20-21H2,1-2H3. The third-order valence-electron chi connectivity index (χ3n) is 6.89. The van der Waals surface area contributed by atoms with Gasteiger partial charge in [-0.15, -0.1) is 0 Å². The maximum absolute atomic E-state index is 14.8. The SMILES string of the molecule is CCCCCCCOC(=O)c1cccc(C(c2ccccc2C(=O)OCCCCCCC)(C(F)(F)F)C(F)(F)F)c1. The smallest absolute Gasteiger partial charge is 0.411 e. The Morgan fingerprint density at radius 2 is 1.15 bits per heavy atom. The summed E-state index contributed by atoms with van der Waals surface area (Å²) in [7, 11) is 0. The van der Waals surface area contributed by atoms with Crippen molar-refractivity contribution in [3.63, 3.8) is 0 Å². The van der Waals surface area contributed by atoms with Crippen molar-refractivity contribution in [3.05, 3.63) is 70.8 Å². The molecule has 0 aliphatic heterocycles. The molecule has 0 aliphatic carbocycles. The molecule has 0 unspecified atom stereocenters. The van der Waals surface area contributed by atoms with Gasteiger partial charge in [0.05, 0.1) is 24.3 Å². The van der Waals surface area contributed by atoms with Crippen LogP contribution in [0.3, 0.4) is 0 Å². The summed E-state index contributed by atoms with van der Waals surface area (Å²) in [6, 6.07) is 6.91. The van der Waals surface area contributed by atoms with E-state index in [0.717, 1.165) is 69.2 Å². The molecule has 0 amide bonds. The van der Waals surface area contributed by atoms with E-state index in [0.29, 0.717) is 37.5 Å². The van der Waals surface area contributed by atoms with E-state index in [1.165, 1.54) is 6.07 Å². The lowest BCUT2D eigenvalue weighted by molar-refractivity contribution is -0.288. The Labute approximate surface area is 237 Å². The molecule has 0 spiro atoms. The summed E-state index contributed by atoms with van der Waals surface area (Å²) in [5, 5.41) is 0. The van der Waals surface area contributed by atoms with Crippen LogP contribution in [0.15, 0.2) is 48.5 Å². The summed E-state index contributed by atoms with van der Waals surface area (Å²) in [4.78, 5) is 25.4. The third-order valence-corrected chi connectivity index (χ3v) is 6.89. The zero-order valence-corrected chi connectivity index (χ0v) is 23.5. The number of esters is 2. The summed E-state index contributed by atoms with van der Waals surface area (Å²) in [5.74, 6) is -2.32. The highest BCUT2D eigenvalue weighted by Crippen LogP contribution is 2.57. The fourth-order valence-electron chi connectivity index (χ4n) is 4.72. The Hall–Kier alpha value is -3.04. The second-order valence-corrected chi connectivity index (χ2v) is 9.97. The molecule has 0 aromatic heterocycles. The first-order valence-corrected chi connectivity index (χ1v) is 14.1. The molecule has 10 heteroatoms. The van der Waals surface area contributed by atoms with Crippen molar-refractivity contribution in [1.29, 1.82) is 0 Å². The number of unbranched alkanes of at least 4 members (excludes halogenated alkanes) is 8. The van der Waals surface area contributed by atoms with Gasteiger partial charge in [0, 0.05) is 0 Å². The summed E-state index contributed by atoms with van der Waals surface area (Å²) in [5.41, 5.74) is -8.50. The molecule has 2 aromatic rings. The van der Waals surface area contributed by atoms with E-state index in [4.69, 9.17) is 9.47 Å². The topological polar surface area (TPSA) is 52.6 Å². The monoisotopic (exact) mass is 588 g/mol. The number of ether oxygens (including phenoxy) is 2. The number of halogens is 6. The Morgan fingerprint density at radius 3 is 1.68 bits per heavy atom. The van der Waals surface area contributed by atoms with Crippen molar-refractivity contribution >= 4 is 11.9 Å². The minimum atomic E-state index is -5.94. The lowest BCUT2D eigenvalue weighted by atomic mass is 9.71. The van der Waals surface area contributed by atoms with E-state index in [1.807, 2.05) is 13.8 Å². The van der Waals surface area contributed by atoms with E-state index in [9.17, 15) is 35.9 Å². The van der Waals surface area contributed by atoms with Crippen LogP contribution in [0.4, 0.5) is 26.3 Å². The Morgan fingerprint density at radius 1 is 0.634 bits per heavy atom. The van der Waals surface area contributed by atoms with Gasteiger partial charge in [-0.2, -0.15) is 26.3 Å². The highest BCUT2D eigenvalue weighted by atomic mass is 19.4. The predicted octanol–water partition coefficient (Wildman–Crippen LogP) is 9.35. The van der Waals surface area contributed by atoms with Crippen LogP contribution in [-0.2, 0) is 14.9 Å². The normalized spacial score (nSPS) is 12.3. The van der Waals surface area contributed by atoms with Gasteiger partial charge in [0.1, 0.15) is 0 Å². The van der Waals surface area contributed by atoms with Crippen LogP contribution in [-0.4, -0.2) is 37.5 Å². The van der Waals surface area contributed by atoms with Crippen molar-refractivity contribution in [2.45, 2.75) is 95.8 Å². The van der Waals surface area contributed by atoms with Crippen LogP contribution >= 0.6 is 0 Å². The van der Waals surface area contributed by atoms with Gasteiger partial charge in [-0.05, 0) is 42.2 Å². The number of hydrogen-bond acceptors (Lipinski definition) is 4. The summed E-state index contributed by atoms with van der Waals surface area (Å²) < 4.78 is 99.1. The van der Waals surface area contributed by atoms with E-state index < -0.39 is 52.0 Å². The first kappa shape index (κ1) is 34.2. The van der Waals surface area contributed by atoms with Crippen LogP contribution in [0.5, 0.6) is 0 Å². The largest absolute Gasteiger partial charge is 0.462 e. The predicted molar refractivity (Wildman–Crippen MR) is 144 cm³/mol. The van der Waals surface area contributed by atoms with Crippen LogP contribution < -0.4 is 0 Å². The number of carbonyl (C=O) groups excluding carboxylic acids is 2. The Bertz CT molecular complexity index is 1100. The van der Waals surface area contributed by atoms with Crippen molar-refractivity contribution in [2.24, 2.45) is 0 Å². The van der Waals surface area contributed by atoms with Gasteiger partial charge in [-0.3, -0.25) is 0 Å². The molecule has 0 saturated heterocycles. The molecule has 2 rings (SSSR count). The van der Waals surface area contributed by atoms with Crippen LogP contribution in [0.2, 0.25) is 0 Å². The average Bonchev–Trinajstić information content (AvgIpc) is 2.91. The molecule has 0 fully saturated rings. The Kier molecular flexibility index (Phi) is 13.2. The second-order valence-electron chi connectivity index (χ2n) is 9.97. The molecular weight excluding hydrogens is 550 g/mol. The van der Waals surface area contributed by atoms with Crippen LogP contribution in [0.1, 0.15) is 110 Å². The zero-order chi connectivity index (χ0) is 30.5. The molecule has 0 heterocycles. The molecule has 4 nitrogen and oxygen atoms in total. The van der Waals surface area contributed by atoms with Gasteiger partial charge in [-0.25, -0.2) is 9.59 Å². The van der Waals surface area contributed by atoms with E-state index in [-0.39, 0.29) is 13.2 Å². The van der Waals surface area contributed by atoms with Crippen molar-refractivity contribution in [2.75, 3.05) is 13.2 Å². The molecule has 0 radical (unpaired) electrons.